The number of benzene rings is 1. The van der Waals surface area contributed by atoms with Crippen molar-refractivity contribution in [1.82, 2.24) is 5.32 Å². The second kappa shape index (κ2) is 6.29. The van der Waals surface area contributed by atoms with E-state index in [4.69, 9.17) is 5.11 Å². The van der Waals surface area contributed by atoms with Gasteiger partial charge in [0, 0.05) is 12.1 Å². The Kier molecular flexibility index (Phi) is 5.28. The van der Waals surface area contributed by atoms with Crippen molar-refractivity contribution in [3.05, 3.63) is 35.4 Å². The van der Waals surface area contributed by atoms with Gasteiger partial charge >= 0.3 is 0 Å². The van der Waals surface area contributed by atoms with Crippen molar-refractivity contribution in [2.75, 3.05) is 6.61 Å². The van der Waals surface area contributed by atoms with Gasteiger partial charge in [0.1, 0.15) is 12.2 Å². The van der Waals surface area contributed by atoms with E-state index < -0.39 is 18.8 Å². The molecule has 4 nitrogen and oxygen atoms in total. The Balaban J connectivity index is 2.63. The first-order valence-electron chi connectivity index (χ1n) is 6.14. The minimum atomic E-state index is -1.14. The van der Waals surface area contributed by atoms with Crippen LogP contribution in [0, 0.1) is 0 Å². The smallest absolute Gasteiger partial charge is 0.107 e. The van der Waals surface area contributed by atoms with Crippen LogP contribution < -0.4 is 5.32 Å². The summed E-state index contributed by atoms with van der Waals surface area (Å²) in [6, 6.07) is 7.34. The van der Waals surface area contributed by atoms with Gasteiger partial charge in [-0.1, -0.05) is 24.3 Å². The van der Waals surface area contributed by atoms with E-state index in [9.17, 15) is 10.2 Å². The van der Waals surface area contributed by atoms with Crippen molar-refractivity contribution < 1.29 is 15.3 Å². The molecule has 0 amide bonds. The third-order valence-electron chi connectivity index (χ3n) is 2.70. The molecule has 0 aromatic heterocycles. The standard InChI is InChI=1S/C14H23NO3/c1-14(2,3)15-8-10-4-6-11(7-5-10)13(18)12(17)9-16/h4-7,12-13,15-18H,8-9H2,1-3H3. The Morgan fingerprint density at radius 2 is 1.67 bits per heavy atom. The summed E-state index contributed by atoms with van der Waals surface area (Å²) >= 11 is 0. The van der Waals surface area contributed by atoms with E-state index >= 15 is 0 Å². The van der Waals surface area contributed by atoms with Gasteiger partial charge in [-0.25, -0.2) is 0 Å². The zero-order valence-corrected chi connectivity index (χ0v) is 11.2. The molecule has 0 spiro atoms. The van der Waals surface area contributed by atoms with Crippen molar-refractivity contribution in [2.45, 2.75) is 45.1 Å². The van der Waals surface area contributed by atoms with Crippen LogP contribution in [0.4, 0.5) is 0 Å². The number of rotatable bonds is 5. The molecule has 0 aliphatic rings. The predicted molar refractivity (Wildman–Crippen MR) is 71.1 cm³/mol. The van der Waals surface area contributed by atoms with Crippen molar-refractivity contribution in [1.29, 1.82) is 0 Å². The Hall–Kier alpha value is -0.940. The molecule has 0 heterocycles. The first-order chi connectivity index (χ1) is 8.33. The minimum absolute atomic E-state index is 0.0608. The Morgan fingerprint density at radius 3 is 2.11 bits per heavy atom. The van der Waals surface area contributed by atoms with Crippen molar-refractivity contribution >= 4 is 0 Å². The fourth-order valence-corrected chi connectivity index (χ4v) is 1.52. The van der Waals surface area contributed by atoms with Gasteiger partial charge in [0.25, 0.3) is 0 Å². The third-order valence-corrected chi connectivity index (χ3v) is 2.70. The monoisotopic (exact) mass is 253 g/mol. The van der Waals surface area contributed by atoms with E-state index in [-0.39, 0.29) is 5.54 Å². The van der Waals surface area contributed by atoms with E-state index in [2.05, 4.69) is 26.1 Å². The number of aliphatic hydroxyl groups is 3. The zero-order valence-electron chi connectivity index (χ0n) is 11.2. The summed E-state index contributed by atoms with van der Waals surface area (Å²) in [5, 5.41) is 31.2. The lowest BCUT2D eigenvalue weighted by atomic mass is 10.0. The quantitative estimate of drug-likeness (QED) is 0.631. The summed E-state index contributed by atoms with van der Waals surface area (Å²) in [6.07, 6.45) is -2.18. The maximum Gasteiger partial charge on any atom is 0.107 e. The van der Waals surface area contributed by atoms with Crippen LogP contribution in [-0.4, -0.2) is 33.6 Å². The van der Waals surface area contributed by atoms with E-state index in [1.54, 1.807) is 12.1 Å². The molecule has 0 aliphatic carbocycles. The van der Waals surface area contributed by atoms with Gasteiger partial charge in [-0.15, -0.1) is 0 Å². The average Bonchev–Trinajstić information content (AvgIpc) is 2.34. The van der Waals surface area contributed by atoms with E-state index in [1.807, 2.05) is 12.1 Å². The van der Waals surface area contributed by atoms with Gasteiger partial charge in [0.2, 0.25) is 0 Å². The van der Waals surface area contributed by atoms with Crippen LogP contribution in [0.25, 0.3) is 0 Å². The molecule has 2 unspecified atom stereocenters. The van der Waals surface area contributed by atoms with Crippen LogP contribution in [0.5, 0.6) is 0 Å². The van der Waals surface area contributed by atoms with Gasteiger partial charge < -0.3 is 20.6 Å². The molecular formula is C14H23NO3. The van der Waals surface area contributed by atoms with Crippen molar-refractivity contribution in [2.24, 2.45) is 0 Å². The van der Waals surface area contributed by atoms with Gasteiger partial charge in [-0.3, -0.25) is 0 Å². The van der Waals surface area contributed by atoms with E-state index in [0.717, 1.165) is 12.1 Å². The highest BCUT2D eigenvalue weighted by Crippen LogP contribution is 2.17. The second-order valence-corrected chi connectivity index (χ2v) is 5.54. The molecule has 1 aromatic rings. The summed E-state index contributed by atoms with van der Waals surface area (Å²) in [5.74, 6) is 0. The Morgan fingerprint density at radius 1 is 1.11 bits per heavy atom. The lowest BCUT2D eigenvalue weighted by molar-refractivity contribution is -0.0152. The van der Waals surface area contributed by atoms with Crippen LogP contribution in [0.15, 0.2) is 24.3 Å². The molecule has 2 atom stereocenters. The van der Waals surface area contributed by atoms with E-state index in [0.29, 0.717) is 5.56 Å². The molecule has 4 N–H and O–H groups in total. The number of aliphatic hydroxyl groups excluding tert-OH is 3. The molecule has 0 bridgehead atoms. The van der Waals surface area contributed by atoms with Crippen molar-refractivity contribution in [3.63, 3.8) is 0 Å². The van der Waals surface area contributed by atoms with Crippen LogP contribution in [0.3, 0.4) is 0 Å². The first kappa shape index (κ1) is 15.1. The van der Waals surface area contributed by atoms with Crippen LogP contribution in [-0.2, 0) is 6.54 Å². The fraction of sp³-hybridized carbons (Fsp3) is 0.571. The molecular weight excluding hydrogens is 230 g/mol. The molecule has 102 valence electrons. The first-order valence-corrected chi connectivity index (χ1v) is 6.14. The predicted octanol–water partition coefficient (Wildman–Crippen LogP) is 0.961. The van der Waals surface area contributed by atoms with Crippen LogP contribution >= 0.6 is 0 Å². The molecule has 0 fully saturated rings. The normalized spacial score (nSPS) is 15.4. The summed E-state index contributed by atoms with van der Waals surface area (Å²) in [5.41, 5.74) is 1.78. The molecule has 0 saturated carbocycles. The highest BCUT2D eigenvalue weighted by molar-refractivity contribution is 5.24. The lowest BCUT2D eigenvalue weighted by Gasteiger charge is -2.21. The molecule has 1 aromatic carbocycles. The van der Waals surface area contributed by atoms with Crippen LogP contribution in [0.2, 0.25) is 0 Å². The van der Waals surface area contributed by atoms with Gasteiger partial charge in [0.05, 0.1) is 6.61 Å². The maximum absolute atomic E-state index is 9.71. The number of hydrogen-bond donors (Lipinski definition) is 4. The van der Waals surface area contributed by atoms with Gasteiger partial charge in [0.15, 0.2) is 0 Å². The molecule has 0 aliphatic heterocycles. The lowest BCUT2D eigenvalue weighted by Crippen LogP contribution is -2.35. The topological polar surface area (TPSA) is 72.7 Å². The molecule has 18 heavy (non-hydrogen) atoms. The highest BCUT2D eigenvalue weighted by atomic mass is 16.4. The number of hydrogen-bond acceptors (Lipinski definition) is 4. The second-order valence-electron chi connectivity index (χ2n) is 5.54. The van der Waals surface area contributed by atoms with Crippen LogP contribution in [0.1, 0.15) is 38.0 Å². The fourth-order valence-electron chi connectivity index (χ4n) is 1.52. The molecule has 4 heteroatoms. The maximum atomic E-state index is 9.71. The minimum Gasteiger partial charge on any atom is -0.394 e. The van der Waals surface area contributed by atoms with Gasteiger partial charge in [-0.2, -0.15) is 0 Å². The average molecular weight is 253 g/mol. The Labute approximate surface area is 108 Å². The summed E-state index contributed by atoms with van der Waals surface area (Å²) < 4.78 is 0. The summed E-state index contributed by atoms with van der Waals surface area (Å²) in [4.78, 5) is 0. The third kappa shape index (κ3) is 4.74. The molecule has 1 rings (SSSR count). The molecule has 0 radical (unpaired) electrons. The Bertz CT molecular complexity index is 356. The van der Waals surface area contributed by atoms with Gasteiger partial charge in [-0.05, 0) is 31.9 Å². The van der Waals surface area contributed by atoms with E-state index in [1.165, 1.54) is 0 Å². The highest BCUT2D eigenvalue weighted by Gasteiger charge is 2.17. The summed E-state index contributed by atoms with van der Waals surface area (Å²) in [7, 11) is 0. The zero-order chi connectivity index (χ0) is 13.8. The largest absolute Gasteiger partial charge is 0.394 e. The summed E-state index contributed by atoms with van der Waals surface area (Å²) in [6.45, 7) is 6.60. The van der Waals surface area contributed by atoms with Crippen molar-refractivity contribution in [3.8, 4) is 0 Å². The molecule has 0 saturated heterocycles. The number of nitrogens with one attached hydrogen (secondary N) is 1. The SMILES string of the molecule is CC(C)(C)NCc1ccc(C(O)C(O)CO)cc1.